The van der Waals surface area contributed by atoms with E-state index in [0.717, 1.165) is 6.42 Å². The maximum absolute atomic E-state index is 11.4. The minimum absolute atomic E-state index is 0.109. The van der Waals surface area contributed by atoms with Gasteiger partial charge in [-0.3, -0.25) is 4.79 Å². The van der Waals surface area contributed by atoms with Gasteiger partial charge in [0.05, 0.1) is 18.6 Å². The van der Waals surface area contributed by atoms with E-state index in [9.17, 15) is 9.90 Å². The Balaban J connectivity index is 2.68. The Kier molecular flexibility index (Phi) is 3.31. The molecule has 1 N–H and O–H groups in total. The summed E-state index contributed by atoms with van der Waals surface area (Å²) >= 11 is 0. The van der Waals surface area contributed by atoms with Crippen molar-refractivity contribution in [2.75, 3.05) is 6.61 Å². The SMILES string of the molecule is CC(C)[C@H](O)[C@H]1C(=O)OCC[C@@H]1C. The van der Waals surface area contributed by atoms with Crippen molar-refractivity contribution in [2.24, 2.45) is 17.8 Å². The minimum atomic E-state index is -0.567. The molecule has 76 valence electrons. The minimum Gasteiger partial charge on any atom is -0.465 e. The molecule has 0 saturated carbocycles. The average Bonchev–Trinajstić information content (AvgIpc) is 2.03. The van der Waals surface area contributed by atoms with E-state index < -0.39 is 6.10 Å². The predicted octanol–water partition coefficient (Wildman–Crippen LogP) is 1.20. The summed E-state index contributed by atoms with van der Waals surface area (Å²) in [5, 5.41) is 9.79. The molecular weight excluding hydrogens is 168 g/mol. The van der Waals surface area contributed by atoms with E-state index in [1.807, 2.05) is 20.8 Å². The van der Waals surface area contributed by atoms with E-state index in [4.69, 9.17) is 4.74 Å². The molecule has 0 amide bonds. The molecule has 0 spiro atoms. The molecule has 1 saturated heterocycles. The quantitative estimate of drug-likeness (QED) is 0.659. The third kappa shape index (κ3) is 2.21. The maximum Gasteiger partial charge on any atom is 0.311 e. The van der Waals surface area contributed by atoms with Crippen molar-refractivity contribution in [3.63, 3.8) is 0 Å². The number of esters is 1. The van der Waals surface area contributed by atoms with E-state index in [-0.39, 0.29) is 23.7 Å². The molecule has 3 nitrogen and oxygen atoms in total. The van der Waals surface area contributed by atoms with Crippen molar-refractivity contribution in [3.8, 4) is 0 Å². The Morgan fingerprint density at radius 3 is 2.62 bits per heavy atom. The third-order valence-electron chi connectivity index (χ3n) is 2.75. The van der Waals surface area contributed by atoms with Crippen molar-refractivity contribution >= 4 is 5.97 Å². The van der Waals surface area contributed by atoms with Crippen molar-refractivity contribution in [1.29, 1.82) is 0 Å². The van der Waals surface area contributed by atoms with Gasteiger partial charge in [-0.15, -0.1) is 0 Å². The van der Waals surface area contributed by atoms with E-state index in [0.29, 0.717) is 6.61 Å². The monoisotopic (exact) mass is 186 g/mol. The van der Waals surface area contributed by atoms with Gasteiger partial charge >= 0.3 is 5.97 Å². The first-order valence-electron chi connectivity index (χ1n) is 4.88. The normalized spacial score (nSPS) is 31.6. The van der Waals surface area contributed by atoms with Crippen LogP contribution in [0.1, 0.15) is 27.2 Å². The standard InChI is InChI=1S/C10H18O3/c1-6(2)9(11)8-7(3)4-5-13-10(8)12/h6-9,11H,4-5H2,1-3H3/t7-,8-,9-/m0/s1. The van der Waals surface area contributed by atoms with E-state index in [1.54, 1.807) is 0 Å². The lowest BCUT2D eigenvalue weighted by Crippen LogP contribution is -2.41. The largest absolute Gasteiger partial charge is 0.465 e. The fourth-order valence-electron chi connectivity index (χ4n) is 1.74. The Morgan fingerprint density at radius 1 is 1.54 bits per heavy atom. The van der Waals surface area contributed by atoms with Crippen LogP contribution in [0, 0.1) is 17.8 Å². The highest BCUT2D eigenvalue weighted by molar-refractivity contribution is 5.74. The molecule has 3 heteroatoms. The van der Waals surface area contributed by atoms with Gasteiger partial charge in [-0.1, -0.05) is 20.8 Å². The summed E-state index contributed by atoms with van der Waals surface area (Å²) in [5.41, 5.74) is 0. The first kappa shape index (κ1) is 10.5. The van der Waals surface area contributed by atoms with E-state index >= 15 is 0 Å². The molecule has 0 radical (unpaired) electrons. The van der Waals surface area contributed by atoms with Crippen molar-refractivity contribution in [2.45, 2.75) is 33.3 Å². The fraction of sp³-hybridized carbons (Fsp3) is 0.900. The Labute approximate surface area is 79.1 Å². The number of carbonyl (C=O) groups excluding carboxylic acids is 1. The Morgan fingerprint density at radius 2 is 2.15 bits per heavy atom. The van der Waals surface area contributed by atoms with E-state index in [2.05, 4.69) is 0 Å². The van der Waals surface area contributed by atoms with Crippen LogP contribution >= 0.6 is 0 Å². The number of aliphatic hydroxyl groups is 1. The van der Waals surface area contributed by atoms with Gasteiger partial charge in [-0.05, 0) is 18.3 Å². The van der Waals surface area contributed by atoms with Gasteiger partial charge in [0.2, 0.25) is 0 Å². The highest BCUT2D eigenvalue weighted by Gasteiger charge is 2.37. The van der Waals surface area contributed by atoms with Crippen LogP contribution in [0.15, 0.2) is 0 Å². The van der Waals surface area contributed by atoms with Crippen molar-refractivity contribution in [1.82, 2.24) is 0 Å². The van der Waals surface area contributed by atoms with Gasteiger partial charge in [-0.25, -0.2) is 0 Å². The zero-order valence-corrected chi connectivity index (χ0v) is 8.49. The molecule has 13 heavy (non-hydrogen) atoms. The van der Waals surface area contributed by atoms with Crippen LogP contribution in [-0.4, -0.2) is 23.8 Å². The fourth-order valence-corrected chi connectivity index (χ4v) is 1.74. The summed E-state index contributed by atoms with van der Waals surface area (Å²) in [4.78, 5) is 11.4. The third-order valence-corrected chi connectivity index (χ3v) is 2.75. The molecule has 0 bridgehead atoms. The second-order valence-corrected chi connectivity index (χ2v) is 4.19. The van der Waals surface area contributed by atoms with Gasteiger partial charge in [0.1, 0.15) is 0 Å². The first-order valence-corrected chi connectivity index (χ1v) is 4.88. The van der Waals surface area contributed by atoms with Crippen LogP contribution in [0.3, 0.4) is 0 Å². The topological polar surface area (TPSA) is 46.5 Å². The average molecular weight is 186 g/mol. The summed E-state index contributed by atoms with van der Waals surface area (Å²) in [7, 11) is 0. The summed E-state index contributed by atoms with van der Waals surface area (Å²) in [6, 6.07) is 0. The highest BCUT2D eigenvalue weighted by Crippen LogP contribution is 2.28. The lowest BCUT2D eigenvalue weighted by atomic mass is 9.81. The second-order valence-electron chi connectivity index (χ2n) is 4.19. The molecule has 1 fully saturated rings. The smallest absolute Gasteiger partial charge is 0.311 e. The van der Waals surface area contributed by atoms with Gasteiger partial charge in [-0.2, -0.15) is 0 Å². The lowest BCUT2D eigenvalue weighted by molar-refractivity contribution is -0.163. The summed E-state index contributed by atoms with van der Waals surface area (Å²) < 4.78 is 4.93. The van der Waals surface area contributed by atoms with Crippen LogP contribution in [0.2, 0.25) is 0 Å². The molecule has 1 aliphatic heterocycles. The van der Waals surface area contributed by atoms with Crippen molar-refractivity contribution < 1.29 is 14.6 Å². The number of aliphatic hydroxyl groups excluding tert-OH is 1. The number of rotatable bonds is 2. The van der Waals surface area contributed by atoms with Gasteiger partial charge in [0.25, 0.3) is 0 Å². The van der Waals surface area contributed by atoms with E-state index in [1.165, 1.54) is 0 Å². The summed E-state index contributed by atoms with van der Waals surface area (Å²) in [6.07, 6.45) is 0.294. The molecule has 0 aromatic carbocycles. The molecule has 0 aliphatic carbocycles. The lowest BCUT2D eigenvalue weighted by Gasteiger charge is -2.32. The number of carbonyl (C=O) groups is 1. The Hall–Kier alpha value is -0.570. The maximum atomic E-state index is 11.4. The van der Waals surface area contributed by atoms with Crippen LogP contribution < -0.4 is 0 Å². The Bertz CT molecular complexity index is 189. The van der Waals surface area contributed by atoms with Crippen LogP contribution in [0.5, 0.6) is 0 Å². The molecular formula is C10H18O3. The van der Waals surface area contributed by atoms with Gasteiger partial charge in [0.15, 0.2) is 0 Å². The number of cyclic esters (lactones) is 1. The highest BCUT2D eigenvalue weighted by atomic mass is 16.5. The summed E-state index contributed by atoms with van der Waals surface area (Å²) in [5.74, 6) is -0.217. The predicted molar refractivity (Wildman–Crippen MR) is 49.1 cm³/mol. The molecule has 0 aromatic heterocycles. The van der Waals surface area contributed by atoms with Gasteiger partial charge in [0, 0.05) is 0 Å². The molecule has 0 unspecified atom stereocenters. The molecule has 0 aromatic rings. The molecule has 1 rings (SSSR count). The van der Waals surface area contributed by atoms with Crippen molar-refractivity contribution in [3.05, 3.63) is 0 Å². The zero-order chi connectivity index (χ0) is 10.0. The number of ether oxygens (including phenoxy) is 1. The van der Waals surface area contributed by atoms with Crippen LogP contribution in [-0.2, 0) is 9.53 Å². The zero-order valence-electron chi connectivity index (χ0n) is 8.49. The number of hydrogen-bond acceptors (Lipinski definition) is 3. The van der Waals surface area contributed by atoms with Crippen LogP contribution in [0.25, 0.3) is 0 Å². The first-order chi connectivity index (χ1) is 6.04. The second kappa shape index (κ2) is 4.09. The number of hydrogen-bond donors (Lipinski definition) is 1. The summed E-state index contributed by atoms with van der Waals surface area (Å²) in [6.45, 7) is 6.33. The van der Waals surface area contributed by atoms with Gasteiger partial charge < -0.3 is 9.84 Å². The molecule has 3 atom stereocenters. The molecule has 1 aliphatic rings. The molecule has 1 heterocycles. The van der Waals surface area contributed by atoms with Crippen LogP contribution in [0.4, 0.5) is 0 Å².